The van der Waals surface area contributed by atoms with Gasteiger partial charge in [0.05, 0.1) is 0 Å². The summed E-state index contributed by atoms with van der Waals surface area (Å²) in [5.74, 6) is 1.89. The van der Waals surface area contributed by atoms with Crippen molar-refractivity contribution in [1.82, 2.24) is 10.1 Å². The molecule has 1 N–H and O–H groups in total. The first-order valence-electron chi connectivity index (χ1n) is 6.69. The molecule has 0 spiro atoms. The highest BCUT2D eigenvalue weighted by molar-refractivity contribution is 5.04. The van der Waals surface area contributed by atoms with Gasteiger partial charge in [-0.2, -0.15) is 4.98 Å². The third kappa shape index (κ3) is 2.72. The molecule has 1 aliphatic carbocycles. The first-order valence-corrected chi connectivity index (χ1v) is 6.69. The molecule has 0 aromatic carbocycles. The Balaban J connectivity index is 2.13. The van der Waals surface area contributed by atoms with Crippen LogP contribution in [0.25, 0.3) is 0 Å². The lowest BCUT2D eigenvalue weighted by molar-refractivity contribution is -0.0658. The number of rotatable bonds is 5. The van der Waals surface area contributed by atoms with E-state index in [0.717, 1.165) is 19.3 Å². The summed E-state index contributed by atoms with van der Waals surface area (Å²) in [6, 6.07) is 0. The molecule has 1 heterocycles. The first kappa shape index (κ1) is 13.5. The maximum atomic E-state index is 8.80. The monoisotopic (exact) mass is 254 g/mol. The Labute approximate surface area is 108 Å². The van der Waals surface area contributed by atoms with Crippen molar-refractivity contribution in [3.63, 3.8) is 0 Å². The van der Waals surface area contributed by atoms with Gasteiger partial charge >= 0.3 is 0 Å². The number of aryl methyl sites for hydroxylation is 1. The van der Waals surface area contributed by atoms with Crippen LogP contribution in [0.4, 0.5) is 0 Å². The van der Waals surface area contributed by atoms with E-state index in [1.54, 1.807) is 7.11 Å². The van der Waals surface area contributed by atoms with Gasteiger partial charge in [0, 0.05) is 20.1 Å². The summed E-state index contributed by atoms with van der Waals surface area (Å²) in [4.78, 5) is 4.43. The van der Waals surface area contributed by atoms with Gasteiger partial charge in [-0.15, -0.1) is 0 Å². The van der Waals surface area contributed by atoms with Crippen LogP contribution in [0.3, 0.4) is 0 Å². The quantitative estimate of drug-likeness (QED) is 0.871. The molecule has 1 saturated carbocycles. The van der Waals surface area contributed by atoms with Crippen molar-refractivity contribution < 1.29 is 14.4 Å². The summed E-state index contributed by atoms with van der Waals surface area (Å²) in [7, 11) is 1.72. The predicted molar refractivity (Wildman–Crippen MR) is 66.0 cm³/mol. The van der Waals surface area contributed by atoms with E-state index in [4.69, 9.17) is 14.4 Å². The van der Waals surface area contributed by atoms with Gasteiger partial charge in [-0.05, 0) is 31.6 Å². The number of ether oxygens (including phenoxy) is 1. The molecule has 0 saturated heterocycles. The van der Waals surface area contributed by atoms with E-state index in [1.807, 2.05) is 0 Å². The molecule has 1 aliphatic rings. The minimum atomic E-state index is -0.376. The van der Waals surface area contributed by atoms with Crippen molar-refractivity contribution in [2.24, 2.45) is 5.92 Å². The molecule has 0 aliphatic heterocycles. The Hall–Kier alpha value is -0.940. The lowest BCUT2D eigenvalue weighted by Crippen LogP contribution is -2.35. The van der Waals surface area contributed by atoms with Crippen molar-refractivity contribution in [1.29, 1.82) is 0 Å². The first-order chi connectivity index (χ1) is 8.70. The maximum Gasteiger partial charge on any atom is 0.226 e. The number of aliphatic hydroxyl groups excluding tert-OH is 1. The van der Waals surface area contributed by atoms with E-state index < -0.39 is 0 Å². The minimum Gasteiger partial charge on any atom is -0.396 e. The fraction of sp³-hybridized carbons (Fsp3) is 0.846. The van der Waals surface area contributed by atoms with E-state index in [9.17, 15) is 0 Å². The molecule has 0 amide bonds. The molecular formula is C13H22N2O3. The van der Waals surface area contributed by atoms with Crippen molar-refractivity contribution >= 4 is 0 Å². The molecule has 18 heavy (non-hydrogen) atoms. The van der Waals surface area contributed by atoms with Crippen molar-refractivity contribution in [3.05, 3.63) is 11.7 Å². The number of methoxy groups -OCH3 is 1. The Kier molecular flexibility index (Phi) is 4.35. The highest BCUT2D eigenvalue weighted by Gasteiger charge is 2.40. The van der Waals surface area contributed by atoms with E-state index in [1.165, 1.54) is 6.42 Å². The number of hydrogen-bond donors (Lipinski definition) is 1. The maximum absolute atomic E-state index is 8.80. The third-order valence-corrected chi connectivity index (χ3v) is 3.77. The predicted octanol–water partition coefficient (Wildman–Crippen LogP) is 2.05. The second kappa shape index (κ2) is 5.80. The van der Waals surface area contributed by atoms with Crippen LogP contribution < -0.4 is 0 Å². The fourth-order valence-corrected chi connectivity index (χ4v) is 2.75. The van der Waals surface area contributed by atoms with Crippen LogP contribution >= 0.6 is 0 Å². The Morgan fingerprint density at radius 2 is 2.39 bits per heavy atom. The highest BCUT2D eigenvalue weighted by Crippen LogP contribution is 2.41. The summed E-state index contributed by atoms with van der Waals surface area (Å²) in [5.41, 5.74) is -0.376. The lowest BCUT2D eigenvalue weighted by Gasteiger charge is -2.36. The fourth-order valence-electron chi connectivity index (χ4n) is 2.75. The van der Waals surface area contributed by atoms with E-state index >= 15 is 0 Å². The molecule has 0 radical (unpaired) electrons. The molecule has 2 rings (SSSR count). The molecule has 2 atom stereocenters. The average molecular weight is 254 g/mol. The van der Waals surface area contributed by atoms with Crippen molar-refractivity contribution in [3.8, 4) is 0 Å². The zero-order valence-electron chi connectivity index (χ0n) is 11.2. The van der Waals surface area contributed by atoms with Gasteiger partial charge < -0.3 is 14.4 Å². The number of hydrogen-bond acceptors (Lipinski definition) is 5. The molecule has 0 bridgehead atoms. The van der Waals surface area contributed by atoms with Crippen LogP contribution in [0.15, 0.2) is 4.52 Å². The zero-order chi connectivity index (χ0) is 13.0. The normalized spacial score (nSPS) is 28.5. The second-order valence-electron chi connectivity index (χ2n) is 5.24. The molecule has 1 fully saturated rings. The van der Waals surface area contributed by atoms with Gasteiger partial charge in [0.2, 0.25) is 11.7 Å². The Morgan fingerprint density at radius 1 is 1.56 bits per heavy atom. The summed E-state index contributed by atoms with van der Waals surface area (Å²) < 4.78 is 10.9. The topological polar surface area (TPSA) is 68.4 Å². The number of aromatic nitrogens is 2. The average Bonchev–Trinajstić information content (AvgIpc) is 2.85. The van der Waals surface area contributed by atoms with Gasteiger partial charge in [0.25, 0.3) is 0 Å². The highest BCUT2D eigenvalue weighted by atomic mass is 16.5. The van der Waals surface area contributed by atoms with Crippen LogP contribution in [-0.4, -0.2) is 29.0 Å². The molecule has 1 aromatic heterocycles. The number of aliphatic hydroxyl groups is 1. The summed E-state index contributed by atoms with van der Waals surface area (Å²) >= 11 is 0. The van der Waals surface area contributed by atoms with E-state index in [2.05, 4.69) is 17.1 Å². The molecule has 5 heteroatoms. The largest absolute Gasteiger partial charge is 0.396 e. The summed E-state index contributed by atoms with van der Waals surface area (Å²) in [6.45, 7) is 2.38. The third-order valence-electron chi connectivity index (χ3n) is 3.77. The van der Waals surface area contributed by atoms with E-state index in [-0.39, 0.29) is 12.2 Å². The summed E-state index contributed by atoms with van der Waals surface area (Å²) in [6.07, 6.45) is 5.54. The molecule has 1 aromatic rings. The molecule has 2 unspecified atom stereocenters. The molecular weight excluding hydrogens is 232 g/mol. The second-order valence-corrected chi connectivity index (χ2v) is 5.24. The van der Waals surface area contributed by atoms with Crippen LogP contribution in [0, 0.1) is 5.92 Å². The van der Waals surface area contributed by atoms with Crippen LogP contribution in [0.1, 0.15) is 50.7 Å². The van der Waals surface area contributed by atoms with E-state index in [0.29, 0.717) is 30.5 Å². The Bertz CT molecular complexity index is 380. The van der Waals surface area contributed by atoms with Gasteiger partial charge in [-0.25, -0.2) is 0 Å². The van der Waals surface area contributed by atoms with Crippen molar-refractivity contribution in [2.75, 3.05) is 13.7 Å². The minimum absolute atomic E-state index is 0.143. The zero-order valence-corrected chi connectivity index (χ0v) is 11.2. The van der Waals surface area contributed by atoms with Gasteiger partial charge in [0.1, 0.15) is 5.60 Å². The van der Waals surface area contributed by atoms with Crippen molar-refractivity contribution in [2.45, 2.75) is 51.0 Å². The van der Waals surface area contributed by atoms with Crippen LogP contribution in [0.5, 0.6) is 0 Å². The molecule has 5 nitrogen and oxygen atoms in total. The van der Waals surface area contributed by atoms with Crippen LogP contribution in [-0.2, 0) is 16.8 Å². The van der Waals surface area contributed by atoms with Gasteiger partial charge in [-0.3, -0.25) is 0 Å². The van der Waals surface area contributed by atoms with Gasteiger partial charge in [0.15, 0.2) is 0 Å². The lowest BCUT2D eigenvalue weighted by atomic mass is 9.78. The molecule has 102 valence electrons. The summed E-state index contributed by atoms with van der Waals surface area (Å²) in [5, 5.41) is 12.9. The number of nitrogens with zero attached hydrogens (tertiary/aromatic N) is 2. The Morgan fingerprint density at radius 3 is 3.06 bits per heavy atom. The van der Waals surface area contributed by atoms with Crippen LogP contribution in [0.2, 0.25) is 0 Å². The van der Waals surface area contributed by atoms with Gasteiger partial charge in [-0.1, -0.05) is 18.5 Å². The SMILES string of the molecule is COC1(c2noc(CCCO)n2)CCCC(C)C1. The smallest absolute Gasteiger partial charge is 0.226 e. The standard InChI is InChI=1S/C13H22N2O3/c1-10-5-3-7-13(9-10,17-2)12-14-11(18-15-12)6-4-8-16/h10,16H,3-9H2,1-2H3.